The third kappa shape index (κ3) is 5.07. The summed E-state index contributed by atoms with van der Waals surface area (Å²) >= 11 is 3.60. The van der Waals surface area contributed by atoms with Crippen LogP contribution in [0.2, 0.25) is 0 Å². The monoisotopic (exact) mass is 476 g/mol. The minimum absolute atomic E-state index is 0.907. The van der Waals surface area contributed by atoms with Crippen LogP contribution in [-0.2, 0) is 11.5 Å². The first-order chi connectivity index (χ1) is 15.4. The number of furan rings is 1. The van der Waals surface area contributed by atoms with Gasteiger partial charge in [-0.25, -0.2) is 0 Å². The predicted molar refractivity (Wildman–Crippen MR) is 139 cm³/mol. The van der Waals surface area contributed by atoms with Crippen LogP contribution < -0.4 is 0 Å². The van der Waals surface area contributed by atoms with E-state index >= 15 is 0 Å². The van der Waals surface area contributed by atoms with Crippen molar-refractivity contribution in [3.8, 4) is 10.6 Å². The van der Waals surface area contributed by atoms with Crippen molar-refractivity contribution in [2.45, 2.75) is 21.3 Å². The zero-order valence-corrected chi connectivity index (χ0v) is 20.0. The second kappa shape index (κ2) is 10.0. The fourth-order valence-electron chi connectivity index (χ4n) is 3.36. The Bertz CT molecular complexity index is 1260. The van der Waals surface area contributed by atoms with Gasteiger partial charge in [-0.2, -0.15) is 0 Å². The topological polar surface area (TPSA) is 13.1 Å². The fraction of sp³-hybridized carbons (Fsp3) is 0.0769. The van der Waals surface area contributed by atoms with E-state index in [1.54, 1.807) is 11.3 Å². The van der Waals surface area contributed by atoms with E-state index in [0.29, 0.717) is 0 Å². The van der Waals surface area contributed by atoms with Crippen LogP contribution in [0.25, 0.3) is 21.4 Å². The molecule has 5 heteroatoms. The molecular weight excluding hydrogens is 457 g/mol. The van der Waals surface area contributed by atoms with Crippen molar-refractivity contribution in [2.75, 3.05) is 0 Å². The number of benzene rings is 3. The number of rotatable bonds is 8. The molecule has 0 fully saturated rings. The van der Waals surface area contributed by atoms with Crippen LogP contribution in [0.4, 0.5) is 0 Å². The van der Waals surface area contributed by atoms with E-state index in [1.807, 2.05) is 39.6 Å². The molecule has 0 unspecified atom stereocenters. The molecule has 0 N–H and O–H groups in total. The van der Waals surface area contributed by atoms with Crippen molar-refractivity contribution in [2.24, 2.45) is 0 Å². The Labute approximate surface area is 198 Å². The average Bonchev–Trinajstić information content (AvgIpc) is 3.48. The van der Waals surface area contributed by atoms with Crippen LogP contribution in [0.5, 0.6) is 0 Å². The molecule has 2 heterocycles. The molecule has 154 valence electrons. The molecule has 0 amide bonds. The van der Waals surface area contributed by atoms with E-state index in [9.17, 15) is 0 Å². The van der Waals surface area contributed by atoms with Gasteiger partial charge in [-0.05, 0) is 46.5 Å². The van der Waals surface area contributed by atoms with E-state index in [1.165, 1.54) is 36.6 Å². The Kier molecular flexibility index (Phi) is 6.75. The third-order valence-electron chi connectivity index (χ3n) is 4.94. The highest BCUT2D eigenvalue weighted by molar-refractivity contribution is 8.76. The van der Waals surface area contributed by atoms with Crippen LogP contribution in [0.1, 0.15) is 11.1 Å². The van der Waals surface area contributed by atoms with E-state index in [4.69, 9.17) is 4.42 Å². The molecule has 0 radical (unpaired) electrons. The highest BCUT2D eigenvalue weighted by Crippen LogP contribution is 2.40. The lowest BCUT2D eigenvalue weighted by molar-refractivity contribution is 0.580. The maximum atomic E-state index is 6.06. The molecule has 5 rings (SSSR count). The van der Waals surface area contributed by atoms with Crippen molar-refractivity contribution in [1.82, 2.24) is 0 Å². The molecule has 1 nitrogen and oxygen atoms in total. The minimum atomic E-state index is 0.907. The number of thioether (sulfide) groups is 1. The molecule has 0 bridgehead atoms. The molecule has 0 atom stereocenters. The van der Waals surface area contributed by atoms with Crippen LogP contribution in [0, 0.1) is 0 Å². The molecular formula is C26H20OS4. The Morgan fingerprint density at radius 2 is 1.58 bits per heavy atom. The zero-order valence-electron chi connectivity index (χ0n) is 16.7. The third-order valence-corrected chi connectivity index (χ3v) is 9.13. The van der Waals surface area contributed by atoms with Crippen molar-refractivity contribution in [3.63, 3.8) is 0 Å². The van der Waals surface area contributed by atoms with Gasteiger partial charge in [-0.1, -0.05) is 76.2 Å². The van der Waals surface area contributed by atoms with Gasteiger partial charge in [0.1, 0.15) is 5.76 Å². The van der Waals surface area contributed by atoms with E-state index in [2.05, 4.69) is 90.3 Å². The highest BCUT2D eigenvalue weighted by Gasteiger charge is 2.17. The average molecular weight is 477 g/mol. The Balaban J connectivity index is 1.31. The van der Waals surface area contributed by atoms with Gasteiger partial charge in [0.25, 0.3) is 0 Å². The van der Waals surface area contributed by atoms with Crippen molar-refractivity contribution in [3.05, 3.63) is 108 Å². The van der Waals surface area contributed by atoms with Crippen LogP contribution in [0.15, 0.2) is 111 Å². The summed E-state index contributed by atoms with van der Waals surface area (Å²) in [5, 5.41) is 4.68. The first kappa shape index (κ1) is 20.8. The first-order valence-corrected chi connectivity index (χ1v) is 14.1. The minimum Gasteiger partial charge on any atom is -0.463 e. The maximum absolute atomic E-state index is 6.06. The smallest absolute Gasteiger partial charge is 0.148 e. The number of fused-ring (bicyclic) bond motifs is 1. The van der Waals surface area contributed by atoms with Crippen LogP contribution >= 0.6 is 44.7 Å². The molecule has 0 spiro atoms. The summed E-state index contributed by atoms with van der Waals surface area (Å²) in [6, 6.07) is 30.0. The van der Waals surface area contributed by atoms with Crippen LogP contribution in [-0.4, -0.2) is 0 Å². The predicted octanol–water partition coefficient (Wildman–Crippen LogP) is 9.39. The molecule has 3 aromatic carbocycles. The van der Waals surface area contributed by atoms with Gasteiger partial charge in [0, 0.05) is 32.4 Å². The van der Waals surface area contributed by atoms with Gasteiger partial charge in [-0.15, -0.1) is 23.1 Å². The number of thiophene rings is 1. The molecule has 31 heavy (non-hydrogen) atoms. The second-order valence-corrected chi connectivity index (χ2v) is 11.4. The van der Waals surface area contributed by atoms with Crippen LogP contribution in [0.3, 0.4) is 0 Å². The molecule has 0 aliphatic heterocycles. The van der Waals surface area contributed by atoms with Crippen molar-refractivity contribution < 1.29 is 4.42 Å². The van der Waals surface area contributed by atoms with Gasteiger partial charge >= 0.3 is 0 Å². The van der Waals surface area contributed by atoms with Gasteiger partial charge in [0.05, 0.1) is 11.1 Å². The summed E-state index contributed by atoms with van der Waals surface area (Å²) in [7, 11) is 3.70. The first-order valence-electron chi connectivity index (χ1n) is 9.96. The van der Waals surface area contributed by atoms with Gasteiger partial charge < -0.3 is 4.42 Å². The maximum Gasteiger partial charge on any atom is 0.148 e. The SMILES string of the molecule is c1ccc(SCc2c(CSSc3ccc4ccccc4c3)coc2-c2cccs2)cc1. The van der Waals surface area contributed by atoms with E-state index in [0.717, 1.165) is 17.3 Å². The summed E-state index contributed by atoms with van der Waals surface area (Å²) < 4.78 is 6.06. The Hall–Kier alpha value is -2.05. The van der Waals surface area contributed by atoms with Gasteiger partial charge in [-0.3, -0.25) is 0 Å². The van der Waals surface area contributed by atoms with Gasteiger partial charge in [0.15, 0.2) is 0 Å². The summed E-state index contributed by atoms with van der Waals surface area (Å²) in [6.07, 6.45) is 1.95. The molecule has 0 aliphatic carbocycles. The summed E-state index contributed by atoms with van der Waals surface area (Å²) in [4.78, 5) is 3.76. The lowest BCUT2D eigenvalue weighted by atomic mass is 10.1. The zero-order chi connectivity index (χ0) is 20.9. The Morgan fingerprint density at radius 3 is 2.42 bits per heavy atom. The summed E-state index contributed by atoms with van der Waals surface area (Å²) in [6.45, 7) is 0. The van der Waals surface area contributed by atoms with E-state index in [-0.39, 0.29) is 0 Å². The Morgan fingerprint density at radius 1 is 0.742 bits per heavy atom. The standard InChI is InChI=1S/C26H20OS4/c1-2-9-22(10-3-1)29-18-24-21(16-27-26(24)25-11-6-14-28-25)17-30-31-23-13-12-19-7-4-5-8-20(19)15-23/h1-16H,17-18H2. The summed E-state index contributed by atoms with van der Waals surface area (Å²) in [5.41, 5.74) is 2.59. The highest BCUT2D eigenvalue weighted by atomic mass is 33.1. The fourth-order valence-corrected chi connectivity index (χ4v) is 7.22. The van der Waals surface area contributed by atoms with Crippen molar-refractivity contribution >= 4 is 55.5 Å². The number of hydrogen-bond donors (Lipinski definition) is 0. The van der Waals surface area contributed by atoms with Gasteiger partial charge in [0.2, 0.25) is 0 Å². The lowest BCUT2D eigenvalue weighted by Crippen LogP contribution is -1.88. The number of hydrogen-bond acceptors (Lipinski definition) is 5. The summed E-state index contributed by atoms with van der Waals surface area (Å²) in [5.74, 6) is 2.84. The second-order valence-electron chi connectivity index (χ2n) is 7.00. The van der Waals surface area contributed by atoms with Crippen molar-refractivity contribution in [1.29, 1.82) is 0 Å². The molecule has 0 aliphatic rings. The largest absolute Gasteiger partial charge is 0.463 e. The quantitative estimate of drug-likeness (QED) is 0.163. The molecule has 0 saturated carbocycles. The molecule has 0 saturated heterocycles. The lowest BCUT2D eigenvalue weighted by Gasteiger charge is -2.06. The molecule has 2 aromatic heterocycles. The molecule has 5 aromatic rings. The van der Waals surface area contributed by atoms with E-state index < -0.39 is 0 Å². The normalized spacial score (nSPS) is 11.2.